The van der Waals surface area contributed by atoms with Crippen LogP contribution in [0.4, 0.5) is 0 Å². The number of likely N-dealkylation sites (N-methyl/N-ethyl adjacent to an activating group) is 1. The minimum Gasteiger partial charge on any atom is -0.383 e. The van der Waals surface area contributed by atoms with E-state index in [4.69, 9.17) is 4.74 Å². The fourth-order valence-corrected chi connectivity index (χ4v) is 2.38. The summed E-state index contributed by atoms with van der Waals surface area (Å²) in [5, 5.41) is 7.31. The quantitative estimate of drug-likeness (QED) is 0.279. The Labute approximate surface area is 158 Å². The normalized spacial score (nSPS) is 10.9. The third-order valence-corrected chi connectivity index (χ3v) is 4.02. The van der Waals surface area contributed by atoms with E-state index in [1.165, 1.54) is 9.78 Å². The summed E-state index contributed by atoms with van der Waals surface area (Å²) >= 11 is 1.66. The summed E-state index contributed by atoms with van der Waals surface area (Å²) in [6.07, 6.45) is 0. The van der Waals surface area contributed by atoms with Gasteiger partial charge in [-0.25, -0.2) is 9.98 Å². The molecule has 0 atom stereocenters. The summed E-state index contributed by atoms with van der Waals surface area (Å²) in [6, 6.07) is 0. The van der Waals surface area contributed by atoms with Crippen molar-refractivity contribution >= 4 is 47.2 Å². The molecule has 0 saturated carbocycles. The smallest absolute Gasteiger partial charge is 0.243 e. The van der Waals surface area contributed by atoms with Crippen LogP contribution in [-0.2, 0) is 16.1 Å². The van der Waals surface area contributed by atoms with Gasteiger partial charge in [0.2, 0.25) is 5.91 Å². The number of guanidine groups is 1. The zero-order valence-electron chi connectivity index (χ0n) is 14.3. The average Bonchev–Trinajstić information content (AvgIpc) is 2.79. The highest BCUT2D eigenvalue weighted by molar-refractivity contribution is 14.0. The summed E-state index contributed by atoms with van der Waals surface area (Å²) in [4.78, 5) is 23.1. The molecule has 0 saturated heterocycles. The molecule has 132 valence electrons. The van der Waals surface area contributed by atoms with Crippen molar-refractivity contribution in [3.05, 3.63) is 15.6 Å². The number of hydrogen-bond donors (Lipinski definition) is 2. The van der Waals surface area contributed by atoms with Crippen molar-refractivity contribution in [3.8, 4) is 0 Å². The standard InChI is InChI=1S/C14H25N5O2S.HI/c1-10-11(2)22-12(18-10)8-16-14(15-6-7-21-5)17-9-13(20)19(3)4;/h6-9H2,1-5H3,(H2,15,16,17);1H. The Hall–Kier alpha value is -0.940. The highest BCUT2D eigenvalue weighted by atomic mass is 127. The van der Waals surface area contributed by atoms with Crippen molar-refractivity contribution in [2.45, 2.75) is 20.4 Å². The number of aromatic nitrogens is 1. The molecule has 1 rings (SSSR count). The number of rotatable bonds is 7. The molecule has 2 N–H and O–H groups in total. The Morgan fingerprint density at radius 3 is 2.57 bits per heavy atom. The largest absolute Gasteiger partial charge is 0.383 e. The van der Waals surface area contributed by atoms with Crippen LogP contribution in [0.3, 0.4) is 0 Å². The molecule has 0 aliphatic heterocycles. The average molecular weight is 455 g/mol. The molecule has 0 bridgehead atoms. The van der Waals surface area contributed by atoms with E-state index in [0.29, 0.717) is 25.7 Å². The summed E-state index contributed by atoms with van der Waals surface area (Å²) in [7, 11) is 5.07. The second-order valence-corrected chi connectivity index (χ2v) is 6.26. The van der Waals surface area contributed by atoms with Crippen molar-refractivity contribution < 1.29 is 9.53 Å². The summed E-state index contributed by atoms with van der Waals surface area (Å²) < 4.78 is 5.01. The number of aryl methyl sites for hydroxylation is 2. The molecule has 9 heteroatoms. The van der Waals surface area contributed by atoms with E-state index >= 15 is 0 Å². The molecule has 1 aromatic rings. The lowest BCUT2D eigenvalue weighted by atomic mass is 10.4. The fourth-order valence-electron chi connectivity index (χ4n) is 1.51. The Kier molecular flexibility index (Phi) is 11.1. The van der Waals surface area contributed by atoms with Crippen LogP contribution in [0.2, 0.25) is 0 Å². The van der Waals surface area contributed by atoms with Crippen molar-refractivity contribution in [1.29, 1.82) is 0 Å². The Morgan fingerprint density at radius 2 is 2.04 bits per heavy atom. The van der Waals surface area contributed by atoms with E-state index < -0.39 is 0 Å². The van der Waals surface area contributed by atoms with Crippen LogP contribution in [0.1, 0.15) is 15.6 Å². The number of ether oxygens (including phenoxy) is 1. The summed E-state index contributed by atoms with van der Waals surface area (Å²) in [5.74, 6) is 0.534. The van der Waals surface area contributed by atoms with Crippen LogP contribution >= 0.6 is 35.3 Å². The van der Waals surface area contributed by atoms with Crippen LogP contribution in [0.5, 0.6) is 0 Å². The third-order valence-electron chi connectivity index (χ3n) is 2.95. The Balaban J connectivity index is 0.00000484. The fraction of sp³-hybridized carbons (Fsp3) is 0.643. The molecular formula is C14H26IN5O2S. The van der Waals surface area contributed by atoms with Gasteiger partial charge in [-0.15, -0.1) is 35.3 Å². The predicted molar refractivity (Wildman–Crippen MR) is 105 cm³/mol. The zero-order valence-corrected chi connectivity index (χ0v) is 17.4. The molecular weight excluding hydrogens is 429 g/mol. The minimum absolute atomic E-state index is 0. The maximum atomic E-state index is 11.6. The van der Waals surface area contributed by atoms with Gasteiger partial charge in [-0.05, 0) is 13.8 Å². The van der Waals surface area contributed by atoms with Gasteiger partial charge in [0.15, 0.2) is 5.96 Å². The van der Waals surface area contributed by atoms with Gasteiger partial charge in [0.05, 0.1) is 18.8 Å². The number of aliphatic imine (C=N–C) groups is 1. The number of methoxy groups -OCH3 is 1. The molecule has 0 unspecified atom stereocenters. The monoisotopic (exact) mass is 455 g/mol. The number of halogens is 1. The number of nitrogens with zero attached hydrogens (tertiary/aromatic N) is 3. The van der Waals surface area contributed by atoms with Gasteiger partial charge >= 0.3 is 0 Å². The van der Waals surface area contributed by atoms with E-state index in [1.54, 1.807) is 32.5 Å². The highest BCUT2D eigenvalue weighted by Gasteiger charge is 2.07. The maximum Gasteiger partial charge on any atom is 0.243 e. The van der Waals surface area contributed by atoms with E-state index in [0.717, 1.165) is 10.7 Å². The van der Waals surface area contributed by atoms with Gasteiger partial charge in [-0.1, -0.05) is 0 Å². The molecule has 23 heavy (non-hydrogen) atoms. The molecule has 1 heterocycles. The number of carbonyl (C=O) groups excluding carboxylic acids is 1. The third kappa shape index (κ3) is 8.47. The van der Waals surface area contributed by atoms with Gasteiger partial charge in [0, 0.05) is 32.6 Å². The van der Waals surface area contributed by atoms with Crippen molar-refractivity contribution in [2.75, 3.05) is 40.9 Å². The molecule has 0 aliphatic carbocycles. The van der Waals surface area contributed by atoms with E-state index in [9.17, 15) is 4.79 Å². The molecule has 0 fully saturated rings. The SMILES string of the molecule is COCCNC(=NCC(=O)N(C)C)NCc1nc(C)c(C)s1.I. The first-order valence-corrected chi connectivity index (χ1v) is 7.90. The van der Waals surface area contributed by atoms with Crippen molar-refractivity contribution in [2.24, 2.45) is 4.99 Å². The lowest BCUT2D eigenvalue weighted by molar-refractivity contribution is -0.127. The Morgan fingerprint density at radius 1 is 1.35 bits per heavy atom. The van der Waals surface area contributed by atoms with Crippen molar-refractivity contribution in [3.63, 3.8) is 0 Å². The highest BCUT2D eigenvalue weighted by Crippen LogP contribution is 2.15. The molecule has 1 aromatic heterocycles. The van der Waals surface area contributed by atoms with Crippen LogP contribution < -0.4 is 10.6 Å². The lowest BCUT2D eigenvalue weighted by Gasteiger charge is -2.12. The lowest BCUT2D eigenvalue weighted by Crippen LogP contribution is -2.39. The molecule has 0 spiro atoms. The first-order valence-electron chi connectivity index (χ1n) is 7.08. The van der Waals surface area contributed by atoms with Crippen LogP contribution in [-0.4, -0.2) is 62.7 Å². The summed E-state index contributed by atoms with van der Waals surface area (Å²) in [6.45, 7) is 5.92. The number of nitrogens with one attached hydrogen (secondary N) is 2. The van der Waals surface area contributed by atoms with Gasteiger partial charge in [0.1, 0.15) is 11.6 Å². The molecule has 7 nitrogen and oxygen atoms in total. The molecule has 0 radical (unpaired) electrons. The van der Waals surface area contributed by atoms with Crippen LogP contribution in [0, 0.1) is 13.8 Å². The number of amides is 1. The summed E-state index contributed by atoms with van der Waals surface area (Å²) in [5.41, 5.74) is 1.05. The van der Waals surface area contributed by atoms with E-state index in [-0.39, 0.29) is 36.4 Å². The van der Waals surface area contributed by atoms with Gasteiger partial charge < -0.3 is 20.3 Å². The molecule has 0 aromatic carbocycles. The number of carbonyl (C=O) groups is 1. The van der Waals surface area contributed by atoms with Crippen LogP contribution in [0.15, 0.2) is 4.99 Å². The maximum absolute atomic E-state index is 11.6. The van der Waals surface area contributed by atoms with Gasteiger partial charge in [0.25, 0.3) is 0 Å². The topological polar surface area (TPSA) is 78.8 Å². The number of thiazole rings is 1. The predicted octanol–water partition coefficient (Wildman–Crippen LogP) is 1.15. The van der Waals surface area contributed by atoms with Gasteiger partial charge in [-0.3, -0.25) is 4.79 Å². The van der Waals surface area contributed by atoms with Crippen molar-refractivity contribution in [1.82, 2.24) is 20.5 Å². The first kappa shape index (κ1) is 22.1. The second kappa shape index (κ2) is 11.6. The zero-order chi connectivity index (χ0) is 16.5. The number of hydrogen-bond acceptors (Lipinski definition) is 5. The minimum atomic E-state index is -0.0474. The molecule has 1 amide bonds. The van der Waals surface area contributed by atoms with Gasteiger partial charge in [-0.2, -0.15) is 0 Å². The van der Waals surface area contributed by atoms with E-state index in [1.807, 2.05) is 6.92 Å². The van der Waals surface area contributed by atoms with E-state index in [2.05, 4.69) is 27.5 Å². The van der Waals surface area contributed by atoms with Crippen LogP contribution in [0.25, 0.3) is 0 Å². The Bertz CT molecular complexity index is 500. The second-order valence-electron chi connectivity index (χ2n) is 4.98. The molecule has 0 aliphatic rings. The first-order chi connectivity index (χ1) is 10.4.